The second kappa shape index (κ2) is 10.1. The van der Waals surface area contributed by atoms with Crippen molar-refractivity contribution in [1.82, 2.24) is 5.32 Å². The molecular weight excluding hydrogens is 278 g/mol. The highest BCUT2D eigenvalue weighted by molar-refractivity contribution is 5.75. The standard InChI is InChI=1S/C15H22F2N2O2/c16-13-7-6-12(11-14(13)17)21-10-9-19-15(20)5-3-1-2-4-8-18/h6-7,11H,1-5,8-10,18H2,(H,19,20). The Balaban J connectivity index is 2.07. The summed E-state index contributed by atoms with van der Waals surface area (Å²) in [7, 11) is 0. The molecule has 0 aliphatic rings. The maximum Gasteiger partial charge on any atom is 0.220 e. The molecule has 0 aliphatic carbocycles. The molecule has 6 heteroatoms. The van der Waals surface area contributed by atoms with E-state index in [1.807, 2.05) is 0 Å². The van der Waals surface area contributed by atoms with Gasteiger partial charge in [-0.15, -0.1) is 0 Å². The molecule has 0 unspecified atom stereocenters. The molecule has 1 rings (SSSR count). The molecular formula is C15H22F2N2O2. The largest absolute Gasteiger partial charge is 0.492 e. The highest BCUT2D eigenvalue weighted by Gasteiger charge is 2.04. The number of hydrogen-bond donors (Lipinski definition) is 2. The predicted molar refractivity (Wildman–Crippen MR) is 77.0 cm³/mol. The van der Waals surface area contributed by atoms with Crippen LogP contribution in [0.15, 0.2) is 18.2 Å². The summed E-state index contributed by atoms with van der Waals surface area (Å²) in [5.74, 6) is -1.65. The van der Waals surface area contributed by atoms with Crippen molar-refractivity contribution in [3.8, 4) is 5.75 Å². The van der Waals surface area contributed by atoms with Crippen molar-refractivity contribution in [1.29, 1.82) is 0 Å². The monoisotopic (exact) mass is 300 g/mol. The van der Waals surface area contributed by atoms with Crippen LogP contribution >= 0.6 is 0 Å². The number of hydrogen-bond acceptors (Lipinski definition) is 3. The molecule has 0 saturated carbocycles. The van der Waals surface area contributed by atoms with Gasteiger partial charge in [0.2, 0.25) is 5.91 Å². The van der Waals surface area contributed by atoms with Crippen LogP contribution in [0.4, 0.5) is 8.78 Å². The van der Waals surface area contributed by atoms with Gasteiger partial charge in [0.15, 0.2) is 11.6 Å². The summed E-state index contributed by atoms with van der Waals surface area (Å²) in [6.07, 6.45) is 4.36. The van der Waals surface area contributed by atoms with Gasteiger partial charge in [0.05, 0.1) is 6.54 Å². The van der Waals surface area contributed by atoms with Gasteiger partial charge in [0.1, 0.15) is 12.4 Å². The van der Waals surface area contributed by atoms with E-state index in [1.54, 1.807) is 0 Å². The Bertz CT molecular complexity index is 442. The van der Waals surface area contributed by atoms with Crippen LogP contribution in [0.5, 0.6) is 5.75 Å². The predicted octanol–water partition coefficient (Wildman–Crippen LogP) is 2.37. The molecule has 1 aromatic carbocycles. The molecule has 0 atom stereocenters. The Morgan fingerprint density at radius 3 is 2.62 bits per heavy atom. The lowest BCUT2D eigenvalue weighted by Crippen LogP contribution is -2.27. The Labute approximate surface area is 123 Å². The lowest BCUT2D eigenvalue weighted by molar-refractivity contribution is -0.121. The van der Waals surface area contributed by atoms with Gasteiger partial charge in [-0.2, -0.15) is 0 Å². The van der Waals surface area contributed by atoms with Crippen LogP contribution in [-0.2, 0) is 4.79 Å². The minimum Gasteiger partial charge on any atom is -0.492 e. The van der Waals surface area contributed by atoms with Crippen LogP contribution in [0.3, 0.4) is 0 Å². The van der Waals surface area contributed by atoms with Crippen molar-refractivity contribution < 1.29 is 18.3 Å². The Hall–Kier alpha value is -1.69. The zero-order valence-electron chi connectivity index (χ0n) is 12.0. The van der Waals surface area contributed by atoms with E-state index >= 15 is 0 Å². The van der Waals surface area contributed by atoms with E-state index in [0.717, 1.165) is 37.8 Å². The Morgan fingerprint density at radius 1 is 1.14 bits per heavy atom. The SMILES string of the molecule is NCCCCCCC(=O)NCCOc1ccc(F)c(F)c1. The number of unbranched alkanes of at least 4 members (excludes halogenated alkanes) is 3. The van der Waals surface area contributed by atoms with Crippen LogP contribution in [0.2, 0.25) is 0 Å². The lowest BCUT2D eigenvalue weighted by atomic mass is 10.1. The van der Waals surface area contributed by atoms with E-state index in [9.17, 15) is 13.6 Å². The van der Waals surface area contributed by atoms with E-state index in [2.05, 4.69) is 5.32 Å². The quantitative estimate of drug-likeness (QED) is 0.652. The fourth-order valence-electron chi connectivity index (χ4n) is 1.80. The van der Waals surface area contributed by atoms with Crippen molar-refractivity contribution in [3.05, 3.63) is 29.8 Å². The molecule has 4 nitrogen and oxygen atoms in total. The van der Waals surface area contributed by atoms with Gasteiger partial charge < -0.3 is 15.8 Å². The number of halogens is 2. The zero-order chi connectivity index (χ0) is 15.5. The van der Waals surface area contributed by atoms with Gasteiger partial charge in [0.25, 0.3) is 0 Å². The minimum absolute atomic E-state index is 0.0309. The maximum atomic E-state index is 12.9. The molecule has 1 aromatic rings. The summed E-state index contributed by atoms with van der Waals surface area (Å²) in [6, 6.07) is 3.33. The number of ether oxygens (including phenoxy) is 1. The lowest BCUT2D eigenvalue weighted by Gasteiger charge is -2.08. The van der Waals surface area contributed by atoms with Crippen molar-refractivity contribution in [3.63, 3.8) is 0 Å². The molecule has 0 saturated heterocycles. The van der Waals surface area contributed by atoms with Crippen LogP contribution in [0.25, 0.3) is 0 Å². The first kappa shape index (κ1) is 17.4. The molecule has 0 spiro atoms. The van der Waals surface area contributed by atoms with Crippen molar-refractivity contribution >= 4 is 5.91 Å². The van der Waals surface area contributed by atoms with Gasteiger partial charge in [-0.3, -0.25) is 4.79 Å². The molecule has 1 amide bonds. The number of rotatable bonds is 10. The van der Waals surface area contributed by atoms with E-state index in [4.69, 9.17) is 10.5 Å². The van der Waals surface area contributed by atoms with E-state index in [-0.39, 0.29) is 18.3 Å². The number of nitrogens with two attached hydrogens (primary N) is 1. The van der Waals surface area contributed by atoms with Gasteiger partial charge in [-0.1, -0.05) is 12.8 Å². The third kappa shape index (κ3) is 7.60. The van der Waals surface area contributed by atoms with Crippen LogP contribution in [0.1, 0.15) is 32.1 Å². The molecule has 0 aromatic heterocycles. The third-order valence-electron chi connectivity index (χ3n) is 2.94. The van der Waals surface area contributed by atoms with Crippen LogP contribution in [0, 0.1) is 11.6 Å². The summed E-state index contributed by atoms with van der Waals surface area (Å²) >= 11 is 0. The zero-order valence-corrected chi connectivity index (χ0v) is 12.0. The van der Waals surface area contributed by atoms with Crippen molar-refractivity contribution in [2.75, 3.05) is 19.7 Å². The average Bonchev–Trinajstić information content (AvgIpc) is 2.47. The number of benzene rings is 1. The van der Waals surface area contributed by atoms with Gasteiger partial charge in [-0.25, -0.2) is 8.78 Å². The van der Waals surface area contributed by atoms with Crippen LogP contribution < -0.4 is 15.8 Å². The van der Waals surface area contributed by atoms with Gasteiger partial charge >= 0.3 is 0 Å². The summed E-state index contributed by atoms with van der Waals surface area (Å²) in [5, 5.41) is 2.71. The smallest absolute Gasteiger partial charge is 0.220 e. The first-order valence-corrected chi connectivity index (χ1v) is 7.18. The number of carbonyl (C=O) groups excluding carboxylic acids is 1. The molecule has 0 fully saturated rings. The van der Waals surface area contributed by atoms with Crippen LogP contribution in [-0.4, -0.2) is 25.6 Å². The maximum absolute atomic E-state index is 12.9. The molecule has 3 N–H and O–H groups in total. The molecule has 0 bridgehead atoms. The molecule has 21 heavy (non-hydrogen) atoms. The first-order valence-electron chi connectivity index (χ1n) is 7.18. The summed E-state index contributed by atoms with van der Waals surface area (Å²) in [6.45, 7) is 1.23. The second-order valence-electron chi connectivity index (χ2n) is 4.73. The van der Waals surface area contributed by atoms with E-state index < -0.39 is 11.6 Å². The van der Waals surface area contributed by atoms with Crippen molar-refractivity contribution in [2.24, 2.45) is 5.73 Å². The normalized spacial score (nSPS) is 10.4. The fraction of sp³-hybridized carbons (Fsp3) is 0.533. The van der Waals surface area contributed by atoms with Gasteiger partial charge in [0, 0.05) is 12.5 Å². The Morgan fingerprint density at radius 2 is 1.90 bits per heavy atom. The Kier molecular flexibility index (Phi) is 8.35. The van der Waals surface area contributed by atoms with Gasteiger partial charge in [-0.05, 0) is 31.5 Å². The van der Waals surface area contributed by atoms with E-state index in [1.165, 1.54) is 6.07 Å². The number of carbonyl (C=O) groups is 1. The molecule has 0 radical (unpaired) electrons. The third-order valence-corrected chi connectivity index (χ3v) is 2.94. The minimum atomic E-state index is -0.950. The van der Waals surface area contributed by atoms with E-state index in [0.29, 0.717) is 19.5 Å². The molecule has 0 heterocycles. The summed E-state index contributed by atoms with van der Waals surface area (Å²) in [5.41, 5.74) is 5.38. The topological polar surface area (TPSA) is 64.4 Å². The van der Waals surface area contributed by atoms with Crippen molar-refractivity contribution in [2.45, 2.75) is 32.1 Å². The second-order valence-corrected chi connectivity index (χ2v) is 4.73. The summed E-state index contributed by atoms with van der Waals surface area (Å²) < 4.78 is 30.8. The fourth-order valence-corrected chi connectivity index (χ4v) is 1.80. The summed E-state index contributed by atoms with van der Waals surface area (Å²) in [4.78, 5) is 11.5. The number of nitrogens with one attached hydrogen (secondary N) is 1. The number of amides is 1. The average molecular weight is 300 g/mol. The first-order chi connectivity index (χ1) is 10.1. The molecule has 0 aliphatic heterocycles. The highest BCUT2D eigenvalue weighted by Crippen LogP contribution is 2.14. The molecule has 118 valence electrons. The highest BCUT2D eigenvalue weighted by atomic mass is 19.2.